The molecule has 0 spiro atoms. The van der Waals surface area contributed by atoms with Crippen molar-refractivity contribution in [2.45, 2.75) is 38.1 Å². The molecule has 33 heavy (non-hydrogen) atoms. The highest BCUT2D eigenvalue weighted by atomic mass is 79.9. The first kappa shape index (κ1) is 24.3. The van der Waals surface area contributed by atoms with Crippen LogP contribution in [0.15, 0.2) is 52.5 Å². The van der Waals surface area contributed by atoms with Crippen molar-refractivity contribution in [3.63, 3.8) is 0 Å². The van der Waals surface area contributed by atoms with E-state index in [4.69, 9.17) is 9.47 Å². The molecule has 0 aromatic heterocycles. The molecule has 2 amide bonds. The van der Waals surface area contributed by atoms with E-state index in [1.807, 2.05) is 18.2 Å². The summed E-state index contributed by atoms with van der Waals surface area (Å²) in [6.45, 7) is -0.200. The molecule has 2 aromatic rings. The van der Waals surface area contributed by atoms with Gasteiger partial charge in [0.2, 0.25) is 0 Å². The normalized spacial score (nSPS) is 14.2. The Hall–Kier alpha value is -3.31. The number of benzene rings is 2. The molecule has 2 aromatic carbocycles. The number of hydrogen-bond donors (Lipinski definition) is 2. The van der Waals surface area contributed by atoms with Gasteiger partial charge in [-0.15, -0.1) is 0 Å². The van der Waals surface area contributed by atoms with Crippen LogP contribution in [-0.4, -0.2) is 31.6 Å². The number of carbonyl (C=O) groups excluding carboxylic acids is 2. The van der Waals surface area contributed by atoms with E-state index in [0.29, 0.717) is 22.7 Å². The van der Waals surface area contributed by atoms with Gasteiger partial charge in [-0.2, -0.15) is 5.26 Å². The lowest BCUT2D eigenvalue weighted by Gasteiger charge is -2.22. The molecule has 1 aliphatic rings. The molecule has 0 saturated heterocycles. The monoisotopic (exact) mass is 511 g/mol. The zero-order chi connectivity index (χ0) is 23.6. The lowest BCUT2D eigenvalue weighted by molar-refractivity contribution is -0.118. The summed E-state index contributed by atoms with van der Waals surface area (Å²) in [5.74, 6) is 0.0961. The van der Waals surface area contributed by atoms with Gasteiger partial charge < -0.3 is 20.1 Å². The van der Waals surface area contributed by atoms with Crippen LogP contribution in [0.2, 0.25) is 0 Å². The quantitative estimate of drug-likeness (QED) is 0.390. The second kappa shape index (κ2) is 12.1. The van der Waals surface area contributed by atoms with Gasteiger partial charge in [-0.3, -0.25) is 9.59 Å². The third-order valence-electron chi connectivity index (χ3n) is 5.29. The van der Waals surface area contributed by atoms with Gasteiger partial charge in [0.1, 0.15) is 11.6 Å². The van der Waals surface area contributed by atoms with Crippen LogP contribution in [0.25, 0.3) is 6.08 Å². The SMILES string of the molecule is COc1cc(/C=C(/C#N)C(=O)NC2CCCCC2)ccc1OCC(=O)Nc1ccc(Br)cc1. The number of ether oxygens (including phenoxy) is 2. The van der Waals surface area contributed by atoms with Gasteiger partial charge in [-0.05, 0) is 60.9 Å². The minimum absolute atomic E-state index is 0.0326. The first-order chi connectivity index (χ1) is 16.0. The van der Waals surface area contributed by atoms with Crippen molar-refractivity contribution in [3.8, 4) is 17.6 Å². The first-order valence-corrected chi connectivity index (χ1v) is 11.6. The summed E-state index contributed by atoms with van der Waals surface area (Å²) in [6.07, 6.45) is 6.78. The van der Waals surface area contributed by atoms with Crippen LogP contribution < -0.4 is 20.1 Å². The number of amides is 2. The van der Waals surface area contributed by atoms with E-state index in [1.165, 1.54) is 19.6 Å². The van der Waals surface area contributed by atoms with Gasteiger partial charge >= 0.3 is 0 Å². The highest BCUT2D eigenvalue weighted by Gasteiger charge is 2.18. The van der Waals surface area contributed by atoms with E-state index in [0.717, 1.165) is 30.2 Å². The van der Waals surface area contributed by atoms with Crippen molar-refractivity contribution in [3.05, 3.63) is 58.1 Å². The van der Waals surface area contributed by atoms with Crippen molar-refractivity contribution >= 4 is 39.5 Å². The van der Waals surface area contributed by atoms with Crippen molar-refractivity contribution < 1.29 is 19.1 Å². The number of nitrogens with one attached hydrogen (secondary N) is 2. The van der Waals surface area contributed by atoms with Crippen molar-refractivity contribution in [2.75, 3.05) is 19.0 Å². The number of hydrogen-bond acceptors (Lipinski definition) is 5. The zero-order valence-corrected chi connectivity index (χ0v) is 20.0. The second-order valence-electron chi connectivity index (χ2n) is 7.73. The van der Waals surface area contributed by atoms with Gasteiger partial charge in [0, 0.05) is 16.2 Å². The van der Waals surface area contributed by atoms with Crippen molar-refractivity contribution in [2.24, 2.45) is 0 Å². The van der Waals surface area contributed by atoms with Gasteiger partial charge in [-0.25, -0.2) is 0 Å². The molecule has 1 saturated carbocycles. The molecular formula is C25H26BrN3O4. The van der Waals surface area contributed by atoms with Crippen LogP contribution in [0.3, 0.4) is 0 Å². The Bertz CT molecular complexity index is 1050. The predicted molar refractivity (Wildman–Crippen MR) is 130 cm³/mol. The maximum Gasteiger partial charge on any atom is 0.262 e. The lowest BCUT2D eigenvalue weighted by atomic mass is 9.95. The average Bonchev–Trinajstić information content (AvgIpc) is 2.83. The lowest BCUT2D eigenvalue weighted by Crippen LogP contribution is -2.36. The summed E-state index contributed by atoms with van der Waals surface area (Å²) in [5.41, 5.74) is 1.31. The molecule has 7 nitrogen and oxygen atoms in total. The molecule has 0 aliphatic heterocycles. The Labute approximate surface area is 201 Å². The van der Waals surface area contributed by atoms with E-state index >= 15 is 0 Å². The fourth-order valence-corrected chi connectivity index (χ4v) is 3.86. The Morgan fingerprint density at radius 2 is 1.85 bits per heavy atom. The Kier molecular flexibility index (Phi) is 8.90. The van der Waals surface area contributed by atoms with Crippen LogP contribution in [0.4, 0.5) is 5.69 Å². The summed E-state index contributed by atoms with van der Waals surface area (Å²) in [7, 11) is 1.48. The third kappa shape index (κ3) is 7.36. The summed E-state index contributed by atoms with van der Waals surface area (Å²) in [4.78, 5) is 24.7. The maximum atomic E-state index is 12.5. The number of rotatable bonds is 8. The average molecular weight is 512 g/mol. The maximum absolute atomic E-state index is 12.5. The first-order valence-electron chi connectivity index (χ1n) is 10.8. The molecule has 2 N–H and O–H groups in total. The fourth-order valence-electron chi connectivity index (χ4n) is 3.59. The number of carbonyl (C=O) groups is 2. The molecule has 1 aliphatic carbocycles. The summed E-state index contributed by atoms with van der Waals surface area (Å²) >= 11 is 3.35. The van der Waals surface area contributed by atoms with E-state index in [-0.39, 0.29) is 30.0 Å². The van der Waals surface area contributed by atoms with Crippen LogP contribution in [0.1, 0.15) is 37.7 Å². The van der Waals surface area contributed by atoms with Crippen LogP contribution in [0, 0.1) is 11.3 Å². The molecule has 0 bridgehead atoms. The van der Waals surface area contributed by atoms with Crippen molar-refractivity contribution in [1.29, 1.82) is 5.26 Å². The standard InChI is InChI=1S/C25H26BrN3O4/c1-32-23-14-17(13-18(15-27)25(31)29-20-5-3-2-4-6-20)7-12-22(23)33-16-24(30)28-21-10-8-19(26)9-11-21/h7-14,20H,2-6,16H2,1H3,(H,28,30)(H,29,31)/b18-13-. The Balaban J connectivity index is 1.62. The zero-order valence-electron chi connectivity index (χ0n) is 18.4. The minimum atomic E-state index is -0.367. The Morgan fingerprint density at radius 3 is 2.52 bits per heavy atom. The van der Waals surface area contributed by atoms with E-state index in [2.05, 4.69) is 26.6 Å². The predicted octanol–water partition coefficient (Wildman–Crippen LogP) is 4.83. The van der Waals surface area contributed by atoms with E-state index in [1.54, 1.807) is 30.3 Å². The molecule has 0 heterocycles. The molecule has 0 atom stereocenters. The highest BCUT2D eigenvalue weighted by Crippen LogP contribution is 2.29. The molecule has 8 heteroatoms. The van der Waals surface area contributed by atoms with Crippen LogP contribution >= 0.6 is 15.9 Å². The van der Waals surface area contributed by atoms with E-state index < -0.39 is 0 Å². The van der Waals surface area contributed by atoms with Gasteiger partial charge in [0.15, 0.2) is 18.1 Å². The molecular weight excluding hydrogens is 486 g/mol. The number of nitrogens with zero attached hydrogens (tertiary/aromatic N) is 1. The summed E-state index contributed by atoms with van der Waals surface area (Å²) < 4.78 is 11.9. The molecule has 0 unspecified atom stereocenters. The molecule has 0 radical (unpaired) electrons. The largest absolute Gasteiger partial charge is 0.493 e. The highest BCUT2D eigenvalue weighted by molar-refractivity contribution is 9.10. The number of methoxy groups -OCH3 is 1. The molecule has 3 rings (SSSR count). The topological polar surface area (TPSA) is 100 Å². The van der Waals surface area contributed by atoms with Crippen LogP contribution in [0.5, 0.6) is 11.5 Å². The smallest absolute Gasteiger partial charge is 0.262 e. The minimum Gasteiger partial charge on any atom is -0.493 e. The molecule has 1 fully saturated rings. The second-order valence-corrected chi connectivity index (χ2v) is 8.65. The summed E-state index contributed by atoms with van der Waals surface area (Å²) in [5, 5.41) is 15.2. The third-order valence-corrected chi connectivity index (χ3v) is 5.82. The van der Waals surface area contributed by atoms with Crippen molar-refractivity contribution in [1.82, 2.24) is 5.32 Å². The van der Waals surface area contributed by atoms with E-state index in [9.17, 15) is 14.9 Å². The number of nitriles is 1. The van der Waals surface area contributed by atoms with Gasteiger partial charge in [0.05, 0.1) is 7.11 Å². The fraction of sp³-hybridized carbons (Fsp3) is 0.320. The summed E-state index contributed by atoms with van der Waals surface area (Å²) in [6, 6.07) is 14.3. The Morgan fingerprint density at radius 1 is 1.12 bits per heavy atom. The number of anilines is 1. The van der Waals surface area contributed by atoms with Gasteiger partial charge in [-0.1, -0.05) is 41.3 Å². The van der Waals surface area contributed by atoms with Gasteiger partial charge in [0.25, 0.3) is 11.8 Å². The molecule has 172 valence electrons. The van der Waals surface area contributed by atoms with Crippen LogP contribution in [-0.2, 0) is 9.59 Å². The number of halogens is 1.